The van der Waals surface area contributed by atoms with E-state index in [0.717, 1.165) is 0 Å². The fourth-order valence-electron chi connectivity index (χ4n) is 0.834. The van der Waals surface area contributed by atoms with E-state index < -0.39 is 5.83 Å². The van der Waals surface area contributed by atoms with Gasteiger partial charge in [-0.25, -0.2) is 4.39 Å². The highest BCUT2D eigenvalue weighted by Gasteiger charge is 1.98. The SMILES string of the molecule is CC(N)N/[C]=C(/F)c1ccccc1. The predicted octanol–water partition coefficient (Wildman–Crippen LogP) is 1.65. The zero-order valence-corrected chi connectivity index (χ0v) is 7.42. The number of nitrogens with one attached hydrogen (secondary N) is 1. The number of hydrogen-bond donors (Lipinski definition) is 2. The highest BCUT2D eigenvalue weighted by Crippen LogP contribution is 2.12. The summed E-state index contributed by atoms with van der Waals surface area (Å²) in [6.45, 7) is 1.71. The first-order valence-corrected chi connectivity index (χ1v) is 4.05. The third-order valence-corrected chi connectivity index (χ3v) is 1.44. The number of benzene rings is 1. The molecule has 0 spiro atoms. The number of halogens is 1. The first-order chi connectivity index (χ1) is 6.20. The molecule has 13 heavy (non-hydrogen) atoms. The fourth-order valence-corrected chi connectivity index (χ4v) is 0.834. The molecule has 0 aliphatic rings. The van der Waals surface area contributed by atoms with Crippen LogP contribution >= 0.6 is 0 Å². The van der Waals surface area contributed by atoms with Crippen LogP contribution in [-0.2, 0) is 0 Å². The third-order valence-electron chi connectivity index (χ3n) is 1.44. The van der Waals surface area contributed by atoms with Gasteiger partial charge in [0.1, 0.15) is 0 Å². The quantitative estimate of drug-likeness (QED) is 0.547. The highest BCUT2D eigenvalue weighted by atomic mass is 19.1. The average Bonchev–Trinajstić information content (AvgIpc) is 2.15. The van der Waals surface area contributed by atoms with Gasteiger partial charge in [0, 0.05) is 5.56 Å². The van der Waals surface area contributed by atoms with Gasteiger partial charge in [0.15, 0.2) is 5.83 Å². The van der Waals surface area contributed by atoms with Crippen molar-refractivity contribution in [2.24, 2.45) is 5.73 Å². The van der Waals surface area contributed by atoms with Crippen molar-refractivity contribution in [1.29, 1.82) is 0 Å². The lowest BCUT2D eigenvalue weighted by atomic mass is 10.2. The molecule has 3 heteroatoms. The molecule has 0 amide bonds. The average molecular weight is 179 g/mol. The summed E-state index contributed by atoms with van der Waals surface area (Å²) in [5.74, 6) is -0.433. The number of nitrogens with two attached hydrogens (primary N) is 1. The smallest absolute Gasteiger partial charge is 0.155 e. The second-order valence-corrected chi connectivity index (χ2v) is 2.74. The fraction of sp³-hybridized carbons (Fsp3) is 0.200. The molecule has 0 aliphatic carbocycles. The molecule has 1 aromatic rings. The van der Waals surface area contributed by atoms with Gasteiger partial charge in [-0.05, 0) is 6.92 Å². The Morgan fingerprint density at radius 2 is 2.08 bits per heavy atom. The van der Waals surface area contributed by atoms with Gasteiger partial charge in [-0.2, -0.15) is 0 Å². The number of rotatable bonds is 3. The minimum absolute atomic E-state index is 0.297. The largest absolute Gasteiger partial charge is 0.366 e. The van der Waals surface area contributed by atoms with E-state index in [0.29, 0.717) is 5.56 Å². The maximum atomic E-state index is 13.2. The molecular formula is C10H12FN2. The first-order valence-electron chi connectivity index (χ1n) is 4.05. The van der Waals surface area contributed by atoms with Crippen molar-refractivity contribution >= 4 is 5.83 Å². The van der Waals surface area contributed by atoms with Crippen LogP contribution in [0, 0.1) is 6.20 Å². The molecule has 0 heterocycles. The normalized spacial score (nSPS) is 13.9. The van der Waals surface area contributed by atoms with E-state index in [-0.39, 0.29) is 6.17 Å². The summed E-state index contributed by atoms with van der Waals surface area (Å²) in [7, 11) is 0. The van der Waals surface area contributed by atoms with E-state index in [1.807, 2.05) is 6.07 Å². The molecule has 0 saturated carbocycles. The van der Waals surface area contributed by atoms with Gasteiger partial charge in [0.2, 0.25) is 0 Å². The van der Waals surface area contributed by atoms with Crippen LogP contribution in [-0.4, -0.2) is 6.17 Å². The zero-order chi connectivity index (χ0) is 9.68. The topological polar surface area (TPSA) is 38.0 Å². The Morgan fingerprint density at radius 3 is 2.62 bits per heavy atom. The summed E-state index contributed by atoms with van der Waals surface area (Å²) in [5, 5.41) is 2.56. The van der Waals surface area contributed by atoms with Crippen molar-refractivity contribution in [2.45, 2.75) is 13.1 Å². The second-order valence-electron chi connectivity index (χ2n) is 2.74. The van der Waals surface area contributed by atoms with Gasteiger partial charge in [0.25, 0.3) is 0 Å². The lowest BCUT2D eigenvalue weighted by Gasteiger charge is -2.03. The summed E-state index contributed by atoms with van der Waals surface area (Å²) in [4.78, 5) is 0. The van der Waals surface area contributed by atoms with E-state index >= 15 is 0 Å². The van der Waals surface area contributed by atoms with Gasteiger partial charge in [-0.1, -0.05) is 30.3 Å². The minimum atomic E-state index is -0.433. The van der Waals surface area contributed by atoms with Crippen LogP contribution in [0.5, 0.6) is 0 Å². The summed E-state index contributed by atoms with van der Waals surface area (Å²) in [6.07, 6.45) is 2.08. The molecule has 3 N–H and O–H groups in total. The van der Waals surface area contributed by atoms with E-state index in [1.54, 1.807) is 31.2 Å². The van der Waals surface area contributed by atoms with Crippen molar-refractivity contribution in [1.82, 2.24) is 5.32 Å². The van der Waals surface area contributed by atoms with Gasteiger partial charge < -0.3 is 11.1 Å². The van der Waals surface area contributed by atoms with E-state index in [2.05, 4.69) is 11.5 Å². The van der Waals surface area contributed by atoms with E-state index in [9.17, 15) is 4.39 Å². The van der Waals surface area contributed by atoms with Crippen LogP contribution in [0.4, 0.5) is 4.39 Å². The van der Waals surface area contributed by atoms with Crippen molar-refractivity contribution in [3.63, 3.8) is 0 Å². The Hall–Kier alpha value is -1.35. The van der Waals surface area contributed by atoms with E-state index in [1.165, 1.54) is 0 Å². The molecule has 1 atom stereocenters. The van der Waals surface area contributed by atoms with Gasteiger partial charge in [-0.3, -0.25) is 0 Å². The van der Waals surface area contributed by atoms with Gasteiger partial charge >= 0.3 is 0 Å². The zero-order valence-electron chi connectivity index (χ0n) is 7.42. The molecule has 0 fully saturated rings. The lowest BCUT2D eigenvalue weighted by molar-refractivity contribution is 0.641. The molecule has 0 aromatic heterocycles. The third kappa shape index (κ3) is 3.25. The maximum absolute atomic E-state index is 13.2. The molecule has 2 nitrogen and oxygen atoms in total. The highest BCUT2D eigenvalue weighted by molar-refractivity contribution is 5.56. The van der Waals surface area contributed by atoms with Crippen LogP contribution in [0.15, 0.2) is 30.3 Å². The maximum Gasteiger partial charge on any atom is 0.155 e. The van der Waals surface area contributed by atoms with Crippen LogP contribution in [0.1, 0.15) is 12.5 Å². The Labute approximate surface area is 77.3 Å². The van der Waals surface area contributed by atoms with Crippen LogP contribution in [0.25, 0.3) is 5.83 Å². The molecule has 1 rings (SSSR count). The minimum Gasteiger partial charge on any atom is -0.366 e. The first kappa shape index (κ1) is 9.74. The Morgan fingerprint density at radius 1 is 1.46 bits per heavy atom. The molecule has 0 bridgehead atoms. The second kappa shape index (κ2) is 4.62. The standard InChI is InChI=1S/C10H12FN2/c1-8(12)13-7-10(11)9-5-3-2-4-6-9/h2-6,8,13H,12H2,1H3. The Bertz CT molecular complexity index is 280. The molecule has 0 saturated heterocycles. The van der Waals surface area contributed by atoms with Gasteiger partial charge in [-0.15, -0.1) is 0 Å². The van der Waals surface area contributed by atoms with E-state index in [4.69, 9.17) is 5.73 Å². The van der Waals surface area contributed by atoms with Crippen molar-refractivity contribution < 1.29 is 4.39 Å². The predicted molar refractivity (Wildman–Crippen MR) is 51.0 cm³/mol. The van der Waals surface area contributed by atoms with Crippen molar-refractivity contribution in [3.05, 3.63) is 42.1 Å². The van der Waals surface area contributed by atoms with Crippen LogP contribution < -0.4 is 11.1 Å². The summed E-state index contributed by atoms with van der Waals surface area (Å²) < 4.78 is 13.2. The Balaban J connectivity index is 2.68. The number of hydrogen-bond acceptors (Lipinski definition) is 2. The molecule has 1 radical (unpaired) electrons. The van der Waals surface area contributed by atoms with Crippen LogP contribution in [0.3, 0.4) is 0 Å². The lowest BCUT2D eigenvalue weighted by Crippen LogP contribution is -2.30. The van der Waals surface area contributed by atoms with Crippen LogP contribution in [0.2, 0.25) is 0 Å². The summed E-state index contributed by atoms with van der Waals surface area (Å²) >= 11 is 0. The molecule has 0 aliphatic heterocycles. The molecule has 69 valence electrons. The molecular weight excluding hydrogens is 167 g/mol. The van der Waals surface area contributed by atoms with Crippen molar-refractivity contribution in [3.8, 4) is 0 Å². The molecule has 1 aromatic carbocycles. The molecule has 1 unspecified atom stereocenters. The van der Waals surface area contributed by atoms with Gasteiger partial charge in [0.05, 0.1) is 12.4 Å². The Kier molecular flexibility index (Phi) is 3.46. The summed E-state index contributed by atoms with van der Waals surface area (Å²) in [6, 6.07) is 8.71. The monoisotopic (exact) mass is 179 g/mol. The summed E-state index contributed by atoms with van der Waals surface area (Å²) in [5.41, 5.74) is 5.86. The van der Waals surface area contributed by atoms with Crippen molar-refractivity contribution in [2.75, 3.05) is 0 Å².